The lowest BCUT2D eigenvalue weighted by molar-refractivity contribution is 0.0680. The molecule has 1 saturated carbocycles. The number of hydrazone groups is 1. The Labute approximate surface area is 196 Å². The molecule has 1 saturated heterocycles. The second kappa shape index (κ2) is 8.42. The fourth-order valence-corrected chi connectivity index (χ4v) is 5.98. The fraction of sp³-hybridized carbons (Fsp3) is 0.625. The molecule has 5 rings (SSSR count). The Hall–Kier alpha value is -2.42. The first-order valence-corrected chi connectivity index (χ1v) is 13.9. The van der Waals surface area contributed by atoms with Gasteiger partial charge in [-0.15, -0.1) is 0 Å². The van der Waals surface area contributed by atoms with E-state index in [-0.39, 0.29) is 18.1 Å². The van der Waals surface area contributed by atoms with Gasteiger partial charge in [-0.2, -0.15) is 5.10 Å². The standard InChI is InChI=1S/C24H33N5O3S/c1-15-7-10-19(27-33(3,31)32)18(12-15)24(30)28-11-5-4-6-21(28)20-13-22-25-23(17-8-9-17)16(2)14-29(22)26-20/h7,10,12,16-17,21-22,27H,4-6,8-9,11,13-14H2,1-3H3/t16?,21-,22+/m0/s1. The summed E-state index contributed by atoms with van der Waals surface area (Å²) in [6.07, 6.45) is 7.31. The molecule has 3 atom stereocenters. The van der Waals surface area contributed by atoms with Crippen LogP contribution in [-0.2, 0) is 10.0 Å². The fourth-order valence-electron chi connectivity index (χ4n) is 5.40. The first-order chi connectivity index (χ1) is 15.7. The number of hydrogen-bond donors (Lipinski definition) is 1. The summed E-state index contributed by atoms with van der Waals surface area (Å²) in [4.78, 5) is 20.7. The number of aryl methyl sites for hydroxylation is 1. The molecule has 1 aliphatic carbocycles. The van der Waals surface area contributed by atoms with Crippen LogP contribution in [0, 0.1) is 18.8 Å². The molecule has 1 aromatic rings. The first kappa shape index (κ1) is 22.4. The first-order valence-electron chi connectivity index (χ1n) is 12.0. The third-order valence-corrected chi connectivity index (χ3v) is 7.69. The molecule has 178 valence electrons. The zero-order valence-corrected chi connectivity index (χ0v) is 20.4. The van der Waals surface area contributed by atoms with Crippen molar-refractivity contribution in [3.63, 3.8) is 0 Å². The van der Waals surface area contributed by atoms with Crippen molar-refractivity contribution in [2.45, 2.75) is 64.6 Å². The minimum Gasteiger partial charge on any atom is -0.330 e. The predicted octanol–water partition coefficient (Wildman–Crippen LogP) is 3.25. The molecule has 1 unspecified atom stereocenters. The third-order valence-electron chi connectivity index (χ3n) is 7.10. The molecule has 9 heteroatoms. The molecule has 8 nitrogen and oxygen atoms in total. The molecule has 3 heterocycles. The van der Waals surface area contributed by atoms with Gasteiger partial charge >= 0.3 is 0 Å². The maximum absolute atomic E-state index is 13.7. The van der Waals surface area contributed by atoms with Crippen LogP contribution in [0.5, 0.6) is 0 Å². The summed E-state index contributed by atoms with van der Waals surface area (Å²) in [6, 6.07) is 5.19. The minimum absolute atomic E-state index is 0.0621. The topological polar surface area (TPSA) is 94.4 Å². The number of hydrogen-bond acceptors (Lipinski definition) is 6. The van der Waals surface area contributed by atoms with Gasteiger partial charge in [0.15, 0.2) is 0 Å². The molecule has 33 heavy (non-hydrogen) atoms. The Morgan fingerprint density at radius 3 is 2.70 bits per heavy atom. The quantitative estimate of drug-likeness (QED) is 0.713. The van der Waals surface area contributed by atoms with Gasteiger partial charge in [-0.1, -0.05) is 18.6 Å². The highest BCUT2D eigenvalue weighted by Crippen LogP contribution is 2.38. The minimum atomic E-state index is -3.50. The molecule has 4 aliphatic rings. The summed E-state index contributed by atoms with van der Waals surface area (Å²) >= 11 is 0. The Kier molecular flexibility index (Phi) is 5.71. The normalized spacial score (nSPS) is 27.7. The van der Waals surface area contributed by atoms with Gasteiger partial charge in [-0.3, -0.25) is 19.5 Å². The van der Waals surface area contributed by atoms with E-state index in [0.717, 1.165) is 49.8 Å². The van der Waals surface area contributed by atoms with E-state index in [0.29, 0.717) is 29.6 Å². The predicted molar refractivity (Wildman–Crippen MR) is 130 cm³/mol. The maximum atomic E-state index is 13.7. The number of aliphatic imine (C=N–C) groups is 1. The molecule has 1 N–H and O–H groups in total. The Balaban J connectivity index is 1.41. The van der Waals surface area contributed by atoms with Crippen molar-refractivity contribution in [3.05, 3.63) is 29.3 Å². The van der Waals surface area contributed by atoms with Crippen LogP contribution < -0.4 is 4.72 Å². The van der Waals surface area contributed by atoms with E-state index in [9.17, 15) is 13.2 Å². The van der Waals surface area contributed by atoms with Crippen LogP contribution >= 0.6 is 0 Å². The highest BCUT2D eigenvalue weighted by atomic mass is 32.2. The van der Waals surface area contributed by atoms with Crippen molar-refractivity contribution in [3.8, 4) is 0 Å². The third kappa shape index (κ3) is 4.65. The van der Waals surface area contributed by atoms with Gasteiger partial charge in [0.05, 0.1) is 29.3 Å². The van der Waals surface area contributed by atoms with E-state index in [1.165, 1.54) is 18.6 Å². The number of nitrogens with one attached hydrogen (secondary N) is 1. The lowest BCUT2D eigenvalue weighted by atomic mass is 9.94. The number of anilines is 1. The van der Waals surface area contributed by atoms with E-state index in [2.05, 4.69) is 16.7 Å². The van der Waals surface area contributed by atoms with Gasteiger partial charge in [0.25, 0.3) is 5.91 Å². The number of rotatable bonds is 5. The van der Waals surface area contributed by atoms with Gasteiger partial charge in [-0.05, 0) is 57.1 Å². The zero-order valence-electron chi connectivity index (χ0n) is 19.6. The van der Waals surface area contributed by atoms with E-state index >= 15 is 0 Å². The zero-order chi connectivity index (χ0) is 23.3. The van der Waals surface area contributed by atoms with Crippen molar-refractivity contribution in [1.82, 2.24) is 9.91 Å². The van der Waals surface area contributed by atoms with E-state index < -0.39 is 10.0 Å². The highest BCUT2D eigenvalue weighted by Gasteiger charge is 2.42. The summed E-state index contributed by atoms with van der Waals surface area (Å²) < 4.78 is 26.3. The highest BCUT2D eigenvalue weighted by molar-refractivity contribution is 7.92. The molecule has 0 aromatic heterocycles. The number of fused-ring (bicyclic) bond motifs is 1. The Bertz CT molecular complexity index is 1120. The average molecular weight is 472 g/mol. The number of carbonyl (C=O) groups excluding carboxylic acids is 1. The summed E-state index contributed by atoms with van der Waals surface area (Å²) in [5.41, 5.74) is 4.03. The monoisotopic (exact) mass is 471 g/mol. The van der Waals surface area contributed by atoms with Crippen molar-refractivity contribution in [2.75, 3.05) is 24.1 Å². The largest absolute Gasteiger partial charge is 0.330 e. The number of piperidine rings is 1. The van der Waals surface area contributed by atoms with Gasteiger partial charge in [0, 0.05) is 31.1 Å². The average Bonchev–Trinajstić information content (AvgIpc) is 3.52. The second-order valence-electron chi connectivity index (χ2n) is 10.1. The lowest BCUT2D eigenvalue weighted by Crippen LogP contribution is -2.48. The van der Waals surface area contributed by atoms with Crippen LogP contribution in [0.4, 0.5) is 5.69 Å². The van der Waals surface area contributed by atoms with Crippen molar-refractivity contribution in [1.29, 1.82) is 0 Å². The molecule has 1 amide bonds. The molecule has 3 aliphatic heterocycles. The second-order valence-corrected chi connectivity index (χ2v) is 11.8. The van der Waals surface area contributed by atoms with Crippen LogP contribution in [0.1, 0.15) is 61.4 Å². The number of amides is 1. The molecule has 0 spiro atoms. The lowest BCUT2D eigenvalue weighted by Gasteiger charge is -2.36. The van der Waals surface area contributed by atoms with Gasteiger partial charge < -0.3 is 4.90 Å². The molecular formula is C24H33N5O3S. The van der Waals surface area contributed by atoms with E-state index in [4.69, 9.17) is 10.1 Å². The Morgan fingerprint density at radius 1 is 1.18 bits per heavy atom. The van der Waals surface area contributed by atoms with Crippen molar-refractivity contribution >= 4 is 33.0 Å². The van der Waals surface area contributed by atoms with Crippen molar-refractivity contribution in [2.24, 2.45) is 21.9 Å². The van der Waals surface area contributed by atoms with Crippen molar-refractivity contribution < 1.29 is 13.2 Å². The molecular weight excluding hydrogens is 438 g/mol. The van der Waals surface area contributed by atoms with Crippen LogP contribution in [0.3, 0.4) is 0 Å². The summed E-state index contributed by atoms with van der Waals surface area (Å²) in [7, 11) is -3.50. The number of carbonyl (C=O) groups is 1. The number of sulfonamides is 1. The van der Waals surface area contributed by atoms with Crippen LogP contribution in [0.25, 0.3) is 0 Å². The SMILES string of the molecule is Cc1ccc(NS(C)(=O)=O)c(C(=O)N2CCCC[C@H]2C2=NN3CC(C)C(C4CC4)=N[C@H]3C2)c1. The maximum Gasteiger partial charge on any atom is 0.256 e. The number of nitrogens with zero attached hydrogens (tertiary/aromatic N) is 4. The summed E-state index contributed by atoms with van der Waals surface area (Å²) in [6.45, 7) is 5.69. The molecule has 1 aromatic carbocycles. The molecule has 0 radical (unpaired) electrons. The van der Waals surface area contributed by atoms with Crippen LogP contribution in [0.15, 0.2) is 28.3 Å². The van der Waals surface area contributed by atoms with Gasteiger partial charge in [0.1, 0.15) is 6.17 Å². The number of likely N-dealkylation sites (tertiary alicyclic amines) is 1. The molecule has 0 bridgehead atoms. The van der Waals surface area contributed by atoms with Crippen LogP contribution in [-0.4, -0.2) is 67.2 Å². The summed E-state index contributed by atoms with van der Waals surface area (Å²) in [5.74, 6) is 0.955. The number of benzene rings is 1. The van der Waals surface area contributed by atoms with Gasteiger partial charge in [0.2, 0.25) is 10.0 Å². The molecule has 2 fully saturated rings. The summed E-state index contributed by atoms with van der Waals surface area (Å²) in [5, 5.41) is 7.08. The Morgan fingerprint density at radius 2 is 1.97 bits per heavy atom. The van der Waals surface area contributed by atoms with Crippen LogP contribution in [0.2, 0.25) is 0 Å². The van der Waals surface area contributed by atoms with E-state index in [1.54, 1.807) is 12.1 Å². The smallest absolute Gasteiger partial charge is 0.256 e. The van der Waals surface area contributed by atoms with Gasteiger partial charge in [-0.25, -0.2) is 8.42 Å². The van der Waals surface area contributed by atoms with E-state index in [1.807, 2.05) is 17.9 Å².